The zero-order chi connectivity index (χ0) is 13.0. The molecule has 2 nitrogen and oxygen atoms in total. The van der Waals surface area contributed by atoms with E-state index in [1.165, 1.54) is 31.2 Å². The van der Waals surface area contributed by atoms with Crippen LogP contribution in [0.3, 0.4) is 0 Å². The fourth-order valence-corrected chi connectivity index (χ4v) is 3.32. The summed E-state index contributed by atoms with van der Waals surface area (Å²) < 4.78 is 1.15. The number of nitrogens with two attached hydrogens (primary N) is 1. The molecule has 0 heterocycles. The van der Waals surface area contributed by atoms with Gasteiger partial charge in [-0.25, -0.2) is 0 Å². The van der Waals surface area contributed by atoms with E-state index < -0.39 is 0 Å². The Kier molecular flexibility index (Phi) is 5.22. The monoisotopic (exact) mass is 310 g/mol. The average molecular weight is 311 g/mol. The molecule has 3 N–H and O–H groups in total. The lowest BCUT2D eigenvalue weighted by atomic mass is 9.84. The van der Waals surface area contributed by atoms with Gasteiger partial charge in [0, 0.05) is 16.6 Å². The highest BCUT2D eigenvalue weighted by molar-refractivity contribution is 9.10. The molecule has 1 aliphatic carbocycles. The molecule has 3 heteroatoms. The van der Waals surface area contributed by atoms with Crippen molar-refractivity contribution in [1.29, 1.82) is 0 Å². The summed E-state index contributed by atoms with van der Waals surface area (Å²) in [5.41, 5.74) is 7.22. The van der Waals surface area contributed by atoms with Crippen molar-refractivity contribution in [3.8, 4) is 0 Å². The molecule has 0 spiro atoms. The van der Waals surface area contributed by atoms with Gasteiger partial charge in [0.25, 0.3) is 0 Å². The first kappa shape index (κ1) is 14.0. The van der Waals surface area contributed by atoms with Crippen molar-refractivity contribution in [2.24, 2.45) is 11.7 Å². The summed E-state index contributed by atoms with van der Waals surface area (Å²) in [5, 5.41) is 3.76. The average Bonchev–Trinajstić information content (AvgIpc) is 2.39. The summed E-state index contributed by atoms with van der Waals surface area (Å²) >= 11 is 3.53. The third-order valence-corrected chi connectivity index (χ3v) is 4.52. The molecule has 3 atom stereocenters. The number of rotatable bonds is 4. The van der Waals surface area contributed by atoms with E-state index in [1.54, 1.807) is 0 Å². The second-order valence-electron chi connectivity index (χ2n) is 5.33. The third-order valence-electron chi connectivity index (χ3n) is 4.02. The van der Waals surface area contributed by atoms with Crippen molar-refractivity contribution in [2.45, 2.75) is 44.7 Å². The molecule has 0 amide bonds. The van der Waals surface area contributed by atoms with Crippen LogP contribution in [0.15, 0.2) is 28.7 Å². The van der Waals surface area contributed by atoms with E-state index in [2.05, 4.69) is 52.4 Å². The van der Waals surface area contributed by atoms with Crippen LogP contribution in [0.2, 0.25) is 0 Å². The molecule has 2 rings (SSSR count). The van der Waals surface area contributed by atoms with Crippen molar-refractivity contribution in [3.63, 3.8) is 0 Å². The molecule has 2 unspecified atom stereocenters. The van der Waals surface area contributed by atoms with Crippen LogP contribution in [-0.2, 0) is 0 Å². The molecular formula is C15H23BrN2. The van der Waals surface area contributed by atoms with Crippen LogP contribution in [0.4, 0.5) is 0 Å². The van der Waals surface area contributed by atoms with E-state index in [0.717, 1.165) is 11.0 Å². The Bertz CT molecular complexity index is 381. The quantitative estimate of drug-likeness (QED) is 0.891. The summed E-state index contributed by atoms with van der Waals surface area (Å²) in [5.74, 6) is 0.647. The molecule has 0 radical (unpaired) electrons. The lowest BCUT2D eigenvalue weighted by Gasteiger charge is -2.34. The highest BCUT2D eigenvalue weighted by Gasteiger charge is 2.25. The van der Waals surface area contributed by atoms with E-state index in [9.17, 15) is 0 Å². The summed E-state index contributed by atoms with van der Waals surface area (Å²) in [4.78, 5) is 0. The second-order valence-corrected chi connectivity index (χ2v) is 6.25. The molecule has 0 saturated heterocycles. The Morgan fingerprint density at radius 1 is 1.39 bits per heavy atom. The predicted octanol–water partition coefficient (Wildman–Crippen LogP) is 3.62. The van der Waals surface area contributed by atoms with E-state index in [1.807, 2.05) is 0 Å². The van der Waals surface area contributed by atoms with Gasteiger partial charge in [-0.15, -0.1) is 0 Å². The molecule has 18 heavy (non-hydrogen) atoms. The number of benzene rings is 1. The van der Waals surface area contributed by atoms with Gasteiger partial charge in [0.15, 0.2) is 0 Å². The van der Waals surface area contributed by atoms with Gasteiger partial charge in [0.05, 0.1) is 0 Å². The van der Waals surface area contributed by atoms with Crippen molar-refractivity contribution < 1.29 is 0 Å². The van der Waals surface area contributed by atoms with Crippen LogP contribution in [0.5, 0.6) is 0 Å². The SMILES string of the molecule is C[C@@H](NC1CCCCC1CN)c1cccc(Br)c1. The van der Waals surface area contributed by atoms with Crippen molar-refractivity contribution >= 4 is 15.9 Å². The molecule has 1 aromatic carbocycles. The standard InChI is InChI=1S/C15H23BrN2/c1-11(12-6-4-7-14(16)9-12)18-15-8-3-2-5-13(15)10-17/h4,6-7,9,11,13,15,18H,2-3,5,8,10,17H2,1H3/t11-,13?,15?/m1/s1. The van der Waals surface area contributed by atoms with Crippen molar-refractivity contribution in [2.75, 3.05) is 6.54 Å². The van der Waals surface area contributed by atoms with E-state index in [-0.39, 0.29) is 0 Å². The van der Waals surface area contributed by atoms with Crippen LogP contribution >= 0.6 is 15.9 Å². The fourth-order valence-electron chi connectivity index (χ4n) is 2.90. The van der Waals surface area contributed by atoms with E-state index in [0.29, 0.717) is 18.0 Å². The summed E-state index contributed by atoms with van der Waals surface area (Å²) in [7, 11) is 0. The lowest BCUT2D eigenvalue weighted by molar-refractivity contribution is 0.252. The maximum atomic E-state index is 5.88. The molecule has 1 aliphatic rings. The van der Waals surface area contributed by atoms with Crippen LogP contribution in [-0.4, -0.2) is 12.6 Å². The molecule has 1 saturated carbocycles. The van der Waals surface area contributed by atoms with Crippen LogP contribution < -0.4 is 11.1 Å². The highest BCUT2D eigenvalue weighted by Crippen LogP contribution is 2.26. The van der Waals surface area contributed by atoms with Gasteiger partial charge in [0.2, 0.25) is 0 Å². The lowest BCUT2D eigenvalue weighted by Crippen LogP contribution is -2.42. The maximum absolute atomic E-state index is 5.88. The predicted molar refractivity (Wildman–Crippen MR) is 80.5 cm³/mol. The Morgan fingerprint density at radius 2 is 2.17 bits per heavy atom. The van der Waals surface area contributed by atoms with E-state index >= 15 is 0 Å². The third kappa shape index (κ3) is 3.56. The van der Waals surface area contributed by atoms with E-state index in [4.69, 9.17) is 5.73 Å². The molecule has 1 aromatic rings. The van der Waals surface area contributed by atoms with Gasteiger partial charge < -0.3 is 11.1 Å². The largest absolute Gasteiger partial charge is 0.330 e. The minimum Gasteiger partial charge on any atom is -0.330 e. The summed E-state index contributed by atoms with van der Waals surface area (Å²) in [6.45, 7) is 3.05. The van der Waals surface area contributed by atoms with Crippen molar-refractivity contribution in [3.05, 3.63) is 34.3 Å². The van der Waals surface area contributed by atoms with Crippen LogP contribution in [0.1, 0.15) is 44.2 Å². The fraction of sp³-hybridized carbons (Fsp3) is 0.600. The number of hydrogen-bond acceptors (Lipinski definition) is 2. The molecule has 0 aromatic heterocycles. The maximum Gasteiger partial charge on any atom is 0.0294 e. The minimum atomic E-state index is 0.389. The molecule has 1 fully saturated rings. The number of halogens is 1. The molecule has 100 valence electrons. The molecule has 0 bridgehead atoms. The Morgan fingerprint density at radius 3 is 2.89 bits per heavy atom. The van der Waals surface area contributed by atoms with Gasteiger partial charge in [-0.2, -0.15) is 0 Å². The summed E-state index contributed by atoms with van der Waals surface area (Å²) in [6, 6.07) is 9.51. The van der Waals surface area contributed by atoms with Crippen molar-refractivity contribution in [1.82, 2.24) is 5.32 Å². The minimum absolute atomic E-state index is 0.389. The van der Waals surface area contributed by atoms with Gasteiger partial charge in [-0.05, 0) is 49.9 Å². The smallest absolute Gasteiger partial charge is 0.0294 e. The zero-order valence-corrected chi connectivity index (χ0v) is 12.6. The topological polar surface area (TPSA) is 38.0 Å². The van der Waals surface area contributed by atoms with Gasteiger partial charge in [-0.1, -0.05) is 40.9 Å². The Hall–Kier alpha value is -0.380. The first-order valence-electron chi connectivity index (χ1n) is 6.92. The number of nitrogens with one attached hydrogen (secondary N) is 1. The van der Waals surface area contributed by atoms with Gasteiger partial charge >= 0.3 is 0 Å². The molecule has 0 aliphatic heterocycles. The second kappa shape index (κ2) is 6.69. The normalized spacial score (nSPS) is 25.9. The first-order valence-corrected chi connectivity index (χ1v) is 7.71. The first-order chi connectivity index (χ1) is 8.70. The van der Waals surface area contributed by atoms with Gasteiger partial charge in [0.1, 0.15) is 0 Å². The summed E-state index contributed by atoms with van der Waals surface area (Å²) in [6.07, 6.45) is 5.21. The molecular weight excluding hydrogens is 288 g/mol. The Labute approximate surface area is 118 Å². The van der Waals surface area contributed by atoms with Gasteiger partial charge in [-0.3, -0.25) is 0 Å². The zero-order valence-electron chi connectivity index (χ0n) is 11.0. The Balaban J connectivity index is 1.99. The highest BCUT2D eigenvalue weighted by atomic mass is 79.9. The van der Waals surface area contributed by atoms with Crippen LogP contribution in [0, 0.1) is 5.92 Å². The van der Waals surface area contributed by atoms with Crippen LogP contribution in [0.25, 0.3) is 0 Å². The number of hydrogen-bond donors (Lipinski definition) is 2.